The topological polar surface area (TPSA) is 30.9 Å². The fraction of sp³-hybridized carbons (Fsp3) is 1.00. The molecular weight excluding hydrogens is 230 g/mol. The predicted octanol–water partition coefficient (Wildman–Crippen LogP) is 1.78. The number of rotatable bonds is 2. The average molecular weight is 255 g/mol. The minimum Gasteiger partial charge on any atom is -0.381 e. The molecule has 1 aliphatic carbocycles. The van der Waals surface area contributed by atoms with E-state index in [1.807, 2.05) is 7.11 Å². The van der Waals surface area contributed by atoms with Gasteiger partial charge in [-0.3, -0.25) is 4.90 Å². The largest absolute Gasteiger partial charge is 0.381 e. The zero-order valence-electron chi connectivity index (χ0n) is 11.4. The SMILES string of the molecule is COC1CCCC(N2CCCC3(C2)OCCO3)C1. The third-order valence-corrected chi connectivity index (χ3v) is 4.71. The highest BCUT2D eigenvalue weighted by Crippen LogP contribution is 2.34. The molecule has 0 bridgehead atoms. The molecule has 3 aliphatic rings. The minimum atomic E-state index is -0.279. The second-order valence-corrected chi connectivity index (χ2v) is 5.86. The summed E-state index contributed by atoms with van der Waals surface area (Å²) in [6.07, 6.45) is 7.68. The standard InChI is InChI=1S/C14H25NO3/c1-16-13-5-2-4-12(10-13)15-7-3-6-14(11-15)17-8-9-18-14/h12-13H,2-11H2,1H3. The number of methoxy groups -OCH3 is 1. The Morgan fingerprint density at radius 1 is 1.17 bits per heavy atom. The fourth-order valence-corrected chi connectivity index (χ4v) is 3.73. The van der Waals surface area contributed by atoms with Gasteiger partial charge >= 0.3 is 0 Å². The molecular formula is C14H25NO3. The molecule has 1 saturated carbocycles. The Hall–Kier alpha value is -0.160. The lowest BCUT2D eigenvalue weighted by atomic mass is 9.89. The third kappa shape index (κ3) is 2.57. The van der Waals surface area contributed by atoms with E-state index in [4.69, 9.17) is 14.2 Å². The van der Waals surface area contributed by atoms with Gasteiger partial charge in [-0.1, -0.05) is 0 Å². The normalized spacial score (nSPS) is 37.2. The van der Waals surface area contributed by atoms with Crippen molar-refractivity contribution in [1.29, 1.82) is 0 Å². The van der Waals surface area contributed by atoms with Crippen LogP contribution < -0.4 is 0 Å². The van der Waals surface area contributed by atoms with Crippen LogP contribution in [0.1, 0.15) is 38.5 Å². The van der Waals surface area contributed by atoms with Gasteiger partial charge in [-0.2, -0.15) is 0 Å². The number of hydrogen-bond donors (Lipinski definition) is 0. The molecule has 18 heavy (non-hydrogen) atoms. The van der Waals surface area contributed by atoms with E-state index in [1.165, 1.54) is 38.6 Å². The molecule has 1 spiro atoms. The van der Waals surface area contributed by atoms with Crippen LogP contribution in [0.3, 0.4) is 0 Å². The highest BCUT2D eigenvalue weighted by Gasteiger charge is 2.42. The molecule has 2 unspecified atom stereocenters. The van der Waals surface area contributed by atoms with Gasteiger partial charge in [0.15, 0.2) is 5.79 Å². The fourth-order valence-electron chi connectivity index (χ4n) is 3.73. The molecule has 4 heteroatoms. The number of hydrogen-bond acceptors (Lipinski definition) is 4. The van der Waals surface area contributed by atoms with Gasteiger partial charge in [0.1, 0.15) is 0 Å². The first-order chi connectivity index (χ1) is 8.81. The molecule has 0 radical (unpaired) electrons. The highest BCUT2D eigenvalue weighted by molar-refractivity contribution is 4.89. The summed E-state index contributed by atoms with van der Waals surface area (Å²) in [4.78, 5) is 2.58. The van der Waals surface area contributed by atoms with Crippen LogP contribution in [0, 0.1) is 0 Å². The summed E-state index contributed by atoms with van der Waals surface area (Å²) >= 11 is 0. The Morgan fingerprint density at radius 2 is 2.00 bits per heavy atom. The molecule has 2 atom stereocenters. The highest BCUT2D eigenvalue weighted by atomic mass is 16.7. The quantitative estimate of drug-likeness (QED) is 0.752. The molecule has 0 amide bonds. The molecule has 3 fully saturated rings. The molecule has 2 aliphatic heterocycles. The molecule has 0 N–H and O–H groups in total. The third-order valence-electron chi connectivity index (χ3n) is 4.71. The predicted molar refractivity (Wildman–Crippen MR) is 68.5 cm³/mol. The number of likely N-dealkylation sites (tertiary alicyclic amines) is 1. The van der Waals surface area contributed by atoms with Crippen molar-refractivity contribution in [3.8, 4) is 0 Å². The Balaban J connectivity index is 1.61. The van der Waals surface area contributed by atoms with Crippen LogP contribution >= 0.6 is 0 Å². The molecule has 2 saturated heterocycles. The van der Waals surface area contributed by atoms with E-state index in [2.05, 4.69) is 4.90 Å². The van der Waals surface area contributed by atoms with Crippen LogP contribution in [0.2, 0.25) is 0 Å². The van der Waals surface area contributed by atoms with Gasteiger partial charge in [0.2, 0.25) is 0 Å². The molecule has 4 nitrogen and oxygen atoms in total. The average Bonchev–Trinajstić information content (AvgIpc) is 2.87. The van der Waals surface area contributed by atoms with Gasteiger partial charge in [-0.25, -0.2) is 0 Å². The first-order valence-electron chi connectivity index (χ1n) is 7.36. The monoisotopic (exact) mass is 255 g/mol. The molecule has 3 rings (SSSR count). The van der Waals surface area contributed by atoms with Gasteiger partial charge < -0.3 is 14.2 Å². The van der Waals surface area contributed by atoms with Gasteiger partial charge in [0, 0.05) is 19.6 Å². The molecule has 0 aromatic rings. The van der Waals surface area contributed by atoms with E-state index in [0.717, 1.165) is 26.2 Å². The first-order valence-corrected chi connectivity index (χ1v) is 7.36. The number of piperidine rings is 1. The Kier molecular flexibility index (Phi) is 3.89. The Bertz CT molecular complexity index is 278. The van der Waals surface area contributed by atoms with Crippen molar-refractivity contribution in [2.45, 2.75) is 56.5 Å². The van der Waals surface area contributed by atoms with Crippen LogP contribution in [-0.2, 0) is 14.2 Å². The summed E-state index contributed by atoms with van der Waals surface area (Å²) in [5.41, 5.74) is 0. The van der Waals surface area contributed by atoms with E-state index in [0.29, 0.717) is 12.1 Å². The first kappa shape index (κ1) is 12.9. The van der Waals surface area contributed by atoms with E-state index < -0.39 is 0 Å². The van der Waals surface area contributed by atoms with Crippen molar-refractivity contribution in [2.75, 3.05) is 33.4 Å². The minimum absolute atomic E-state index is 0.279. The lowest BCUT2D eigenvalue weighted by molar-refractivity contribution is -0.196. The molecule has 0 aromatic carbocycles. The maximum absolute atomic E-state index is 5.86. The molecule has 2 heterocycles. The summed E-state index contributed by atoms with van der Waals surface area (Å²) in [5, 5.41) is 0. The lowest BCUT2D eigenvalue weighted by Crippen LogP contribution is -2.53. The number of ether oxygens (including phenoxy) is 3. The summed E-state index contributed by atoms with van der Waals surface area (Å²) in [6, 6.07) is 0.661. The lowest BCUT2D eigenvalue weighted by Gasteiger charge is -2.44. The Morgan fingerprint density at radius 3 is 2.78 bits per heavy atom. The van der Waals surface area contributed by atoms with Crippen LogP contribution in [-0.4, -0.2) is 56.2 Å². The van der Waals surface area contributed by atoms with Crippen molar-refractivity contribution in [1.82, 2.24) is 4.90 Å². The summed E-state index contributed by atoms with van der Waals surface area (Å²) < 4.78 is 17.3. The van der Waals surface area contributed by atoms with Crippen molar-refractivity contribution in [2.24, 2.45) is 0 Å². The maximum Gasteiger partial charge on any atom is 0.181 e. The van der Waals surface area contributed by atoms with Crippen molar-refractivity contribution >= 4 is 0 Å². The van der Waals surface area contributed by atoms with Crippen LogP contribution in [0.5, 0.6) is 0 Å². The molecule has 104 valence electrons. The summed E-state index contributed by atoms with van der Waals surface area (Å²) in [5.74, 6) is -0.279. The summed E-state index contributed by atoms with van der Waals surface area (Å²) in [6.45, 7) is 3.67. The van der Waals surface area contributed by atoms with Crippen molar-refractivity contribution in [3.05, 3.63) is 0 Å². The van der Waals surface area contributed by atoms with Gasteiger partial charge in [-0.05, 0) is 38.6 Å². The van der Waals surface area contributed by atoms with Crippen molar-refractivity contribution in [3.63, 3.8) is 0 Å². The smallest absolute Gasteiger partial charge is 0.181 e. The van der Waals surface area contributed by atoms with Gasteiger partial charge in [0.05, 0.1) is 25.9 Å². The zero-order valence-corrected chi connectivity index (χ0v) is 11.4. The van der Waals surface area contributed by atoms with Crippen LogP contribution in [0.15, 0.2) is 0 Å². The van der Waals surface area contributed by atoms with E-state index >= 15 is 0 Å². The maximum atomic E-state index is 5.86. The van der Waals surface area contributed by atoms with E-state index in [9.17, 15) is 0 Å². The Labute approximate surface area is 110 Å². The van der Waals surface area contributed by atoms with E-state index in [-0.39, 0.29) is 5.79 Å². The zero-order chi connectivity index (χ0) is 12.4. The second kappa shape index (κ2) is 5.45. The van der Waals surface area contributed by atoms with Gasteiger partial charge in [-0.15, -0.1) is 0 Å². The van der Waals surface area contributed by atoms with Crippen molar-refractivity contribution < 1.29 is 14.2 Å². The number of nitrogens with zero attached hydrogens (tertiary/aromatic N) is 1. The second-order valence-electron chi connectivity index (χ2n) is 5.86. The van der Waals surface area contributed by atoms with Crippen LogP contribution in [0.25, 0.3) is 0 Å². The summed E-state index contributed by atoms with van der Waals surface area (Å²) in [7, 11) is 1.84. The molecule has 0 aromatic heterocycles. The van der Waals surface area contributed by atoms with E-state index in [1.54, 1.807) is 0 Å². The van der Waals surface area contributed by atoms with Gasteiger partial charge in [0.25, 0.3) is 0 Å². The van der Waals surface area contributed by atoms with Crippen LogP contribution in [0.4, 0.5) is 0 Å².